The number of anilines is 1. The number of carbonyl (C=O) groups is 1. The maximum atomic E-state index is 11.5. The van der Waals surface area contributed by atoms with Crippen molar-refractivity contribution in [1.29, 1.82) is 0 Å². The summed E-state index contributed by atoms with van der Waals surface area (Å²) in [7, 11) is 0. The minimum absolute atomic E-state index is 0.273. The van der Waals surface area contributed by atoms with Gasteiger partial charge < -0.3 is 14.1 Å². The molecule has 0 radical (unpaired) electrons. The fourth-order valence-corrected chi connectivity index (χ4v) is 2.35. The van der Waals surface area contributed by atoms with Crippen molar-refractivity contribution in [3.63, 3.8) is 0 Å². The van der Waals surface area contributed by atoms with Gasteiger partial charge in [-0.1, -0.05) is 6.58 Å². The Labute approximate surface area is 135 Å². The lowest BCUT2D eigenvalue weighted by atomic mass is 10.1. The highest BCUT2D eigenvalue weighted by Crippen LogP contribution is 2.23. The van der Waals surface area contributed by atoms with Crippen LogP contribution in [0.25, 0.3) is 11.0 Å². The first-order valence-electron chi connectivity index (χ1n) is 7.54. The van der Waals surface area contributed by atoms with Crippen molar-refractivity contribution < 1.29 is 13.9 Å². The lowest BCUT2D eigenvalue weighted by molar-refractivity contribution is -0.138. The molecule has 0 saturated heterocycles. The molecule has 0 spiro atoms. The predicted octanol–water partition coefficient (Wildman–Crippen LogP) is 3.05. The van der Waals surface area contributed by atoms with Crippen LogP contribution < -0.4 is 10.5 Å². The summed E-state index contributed by atoms with van der Waals surface area (Å²) in [4.78, 5) is 25.0. The zero-order chi connectivity index (χ0) is 17.0. The second-order valence-corrected chi connectivity index (χ2v) is 5.42. The lowest BCUT2D eigenvalue weighted by Crippen LogP contribution is -2.28. The van der Waals surface area contributed by atoms with Gasteiger partial charge in [0, 0.05) is 35.3 Å². The van der Waals surface area contributed by atoms with E-state index >= 15 is 0 Å². The first kappa shape index (κ1) is 16.8. The number of esters is 1. The van der Waals surface area contributed by atoms with Crippen molar-refractivity contribution in [3.8, 4) is 0 Å². The van der Waals surface area contributed by atoms with E-state index in [9.17, 15) is 9.59 Å². The Morgan fingerprint density at radius 1 is 1.35 bits per heavy atom. The van der Waals surface area contributed by atoms with E-state index in [0.717, 1.165) is 23.2 Å². The number of likely N-dealkylation sites (N-methyl/N-ethyl adjacent to an activating group) is 1. The van der Waals surface area contributed by atoms with Crippen LogP contribution in [0.5, 0.6) is 0 Å². The van der Waals surface area contributed by atoms with Gasteiger partial charge in [-0.2, -0.15) is 0 Å². The van der Waals surface area contributed by atoms with Crippen LogP contribution in [0.1, 0.15) is 19.4 Å². The van der Waals surface area contributed by atoms with Gasteiger partial charge in [0.05, 0.1) is 6.54 Å². The third-order valence-corrected chi connectivity index (χ3v) is 3.62. The zero-order valence-electron chi connectivity index (χ0n) is 13.7. The Bertz CT molecular complexity index is 791. The van der Waals surface area contributed by atoms with Crippen LogP contribution in [0.3, 0.4) is 0 Å². The Balaban J connectivity index is 2.18. The second kappa shape index (κ2) is 7.13. The minimum Gasteiger partial charge on any atom is -0.460 e. The summed E-state index contributed by atoms with van der Waals surface area (Å²) in [5.74, 6) is -0.388. The standard InChI is InChI=1S/C18H21NO4/c1-5-19(8-9-22-18(21)12(2)3)14-6-7-15-13(4)10-17(20)23-16(15)11-14/h6-7,10-11H,2,5,8-9H2,1,3-4H3. The maximum absolute atomic E-state index is 11.5. The molecule has 0 aliphatic heterocycles. The van der Waals surface area contributed by atoms with Crippen LogP contribution in [0, 0.1) is 6.92 Å². The molecule has 5 nitrogen and oxygen atoms in total. The van der Waals surface area contributed by atoms with Gasteiger partial charge in [0.15, 0.2) is 0 Å². The van der Waals surface area contributed by atoms with Gasteiger partial charge in [0.25, 0.3) is 0 Å². The first-order chi connectivity index (χ1) is 10.9. The van der Waals surface area contributed by atoms with Gasteiger partial charge in [0.2, 0.25) is 0 Å². The van der Waals surface area contributed by atoms with Crippen LogP contribution >= 0.6 is 0 Å². The van der Waals surface area contributed by atoms with E-state index in [-0.39, 0.29) is 18.2 Å². The van der Waals surface area contributed by atoms with Crippen molar-refractivity contribution in [1.82, 2.24) is 0 Å². The summed E-state index contributed by atoms with van der Waals surface area (Å²) in [5.41, 5.74) is 2.40. The van der Waals surface area contributed by atoms with E-state index < -0.39 is 0 Å². The van der Waals surface area contributed by atoms with Gasteiger partial charge >= 0.3 is 11.6 Å². The van der Waals surface area contributed by atoms with Crippen molar-refractivity contribution in [3.05, 3.63) is 52.4 Å². The summed E-state index contributed by atoms with van der Waals surface area (Å²) in [5, 5.41) is 0.915. The monoisotopic (exact) mass is 315 g/mol. The molecule has 2 rings (SSSR count). The average molecular weight is 315 g/mol. The van der Waals surface area contributed by atoms with Crippen molar-refractivity contribution in [2.45, 2.75) is 20.8 Å². The molecule has 0 fully saturated rings. The van der Waals surface area contributed by atoms with E-state index in [1.165, 1.54) is 6.07 Å². The largest absolute Gasteiger partial charge is 0.460 e. The van der Waals surface area contributed by atoms with Crippen molar-refractivity contribution >= 4 is 22.6 Å². The molecule has 0 atom stereocenters. The van der Waals surface area contributed by atoms with E-state index in [4.69, 9.17) is 9.15 Å². The average Bonchev–Trinajstić information content (AvgIpc) is 2.50. The fourth-order valence-electron chi connectivity index (χ4n) is 2.35. The summed E-state index contributed by atoms with van der Waals surface area (Å²) in [6.07, 6.45) is 0. The minimum atomic E-state index is -0.388. The quantitative estimate of drug-likeness (QED) is 0.466. The topological polar surface area (TPSA) is 59.8 Å². The molecule has 1 aromatic heterocycles. The molecule has 0 unspecified atom stereocenters. The van der Waals surface area contributed by atoms with Gasteiger partial charge in [0.1, 0.15) is 12.2 Å². The molecule has 0 bridgehead atoms. The smallest absolute Gasteiger partial charge is 0.336 e. The van der Waals surface area contributed by atoms with Crippen molar-refractivity contribution in [2.24, 2.45) is 0 Å². The van der Waals surface area contributed by atoms with Gasteiger partial charge in [-0.3, -0.25) is 0 Å². The molecule has 5 heteroatoms. The molecule has 0 aliphatic carbocycles. The van der Waals surface area contributed by atoms with Crippen LogP contribution in [0.4, 0.5) is 5.69 Å². The number of benzene rings is 1. The van der Waals surface area contributed by atoms with Gasteiger partial charge in [-0.05, 0) is 38.5 Å². The lowest BCUT2D eigenvalue weighted by Gasteiger charge is -2.23. The molecule has 0 N–H and O–H groups in total. The number of hydrogen-bond donors (Lipinski definition) is 0. The third-order valence-electron chi connectivity index (χ3n) is 3.62. The highest BCUT2D eigenvalue weighted by atomic mass is 16.5. The van der Waals surface area contributed by atoms with Crippen LogP contribution in [0.15, 0.2) is 45.6 Å². The van der Waals surface area contributed by atoms with Crippen LogP contribution in [-0.2, 0) is 9.53 Å². The van der Waals surface area contributed by atoms with Crippen molar-refractivity contribution in [2.75, 3.05) is 24.6 Å². The molecule has 2 aromatic rings. The molecule has 1 aromatic carbocycles. The Morgan fingerprint density at radius 2 is 2.09 bits per heavy atom. The molecule has 23 heavy (non-hydrogen) atoms. The van der Waals surface area contributed by atoms with Gasteiger partial charge in [-0.25, -0.2) is 9.59 Å². The normalized spacial score (nSPS) is 10.6. The number of carbonyl (C=O) groups excluding carboxylic acids is 1. The Kier molecular flexibility index (Phi) is 5.21. The summed E-state index contributed by atoms with van der Waals surface area (Å²) >= 11 is 0. The number of nitrogens with zero attached hydrogens (tertiary/aromatic N) is 1. The van der Waals surface area contributed by atoms with Gasteiger partial charge in [-0.15, -0.1) is 0 Å². The molecule has 1 heterocycles. The van der Waals surface area contributed by atoms with Crippen LogP contribution in [0.2, 0.25) is 0 Å². The summed E-state index contributed by atoms with van der Waals surface area (Å²) in [6, 6.07) is 7.23. The SMILES string of the molecule is C=C(C)C(=O)OCCN(CC)c1ccc2c(C)cc(=O)oc2c1. The first-order valence-corrected chi connectivity index (χ1v) is 7.54. The van der Waals surface area contributed by atoms with Crippen LogP contribution in [-0.4, -0.2) is 25.7 Å². The second-order valence-electron chi connectivity index (χ2n) is 5.42. The highest BCUT2D eigenvalue weighted by molar-refractivity contribution is 5.87. The predicted molar refractivity (Wildman–Crippen MR) is 90.9 cm³/mol. The Hall–Kier alpha value is -2.56. The van der Waals surface area contributed by atoms with E-state index in [0.29, 0.717) is 17.7 Å². The number of rotatable bonds is 6. The zero-order valence-corrected chi connectivity index (χ0v) is 13.7. The number of aryl methyl sites for hydroxylation is 1. The molecular weight excluding hydrogens is 294 g/mol. The molecule has 0 aliphatic rings. The molecule has 122 valence electrons. The van der Waals surface area contributed by atoms with E-state index in [1.807, 2.05) is 36.9 Å². The van der Waals surface area contributed by atoms with E-state index in [2.05, 4.69) is 6.58 Å². The maximum Gasteiger partial charge on any atom is 0.336 e. The fraction of sp³-hybridized carbons (Fsp3) is 0.333. The number of hydrogen-bond acceptors (Lipinski definition) is 5. The summed E-state index contributed by atoms with van der Waals surface area (Å²) < 4.78 is 10.4. The Morgan fingerprint density at radius 3 is 2.74 bits per heavy atom. The molecule has 0 amide bonds. The third kappa shape index (κ3) is 4.00. The number of fused-ring (bicyclic) bond motifs is 1. The summed E-state index contributed by atoms with van der Waals surface area (Å²) in [6.45, 7) is 10.6. The van der Waals surface area contributed by atoms with E-state index in [1.54, 1.807) is 6.92 Å². The highest BCUT2D eigenvalue weighted by Gasteiger charge is 2.10. The molecule has 0 saturated carbocycles. The number of ether oxygens (including phenoxy) is 1. The molecular formula is C18H21NO4.